The van der Waals surface area contributed by atoms with Gasteiger partial charge < -0.3 is 28.6 Å². The van der Waals surface area contributed by atoms with Gasteiger partial charge in [-0.2, -0.15) is 0 Å². The van der Waals surface area contributed by atoms with Crippen molar-refractivity contribution < 1.29 is 52.8 Å². The number of ketones is 2. The minimum absolute atomic E-state index is 0.00247. The van der Waals surface area contributed by atoms with Crippen molar-refractivity contribution in [2.24, 2.45) is 63.7 Å². The number of carbonyl (C=O) groups is 6. The summed E-state index contributed by atoms with van der Waals surface area (Å²) in [4.78, 5) is 77.3. The minimum atomic E-state index is -0.679. The molecule has 11 atom stereocenters. The second-order valence-electron chi connectivity index (χ2n) is 20.4. The van der Waals surface area contributed by atoms with Crippen LogP contribution in [0.5, 0.6) is 0 Å². The number of methoxy groups -OCH3 is 1. The highest BCUT2D eigenvalue weighted by Gasteiger charge is 2.72. The van der Waals surface area contributed by atoms with Gasteiger partial charge in [0, 0.05) is 50.1 Å². The summed E-state index contributed by atoms with van der Waals surface area (Å²) in [5, 5.41) is 10.7. The first-order valence-corrected chi connectivity index (χ1v) is 22.1. The molecule has 0 saturated heterocycles. The fourth-order valence-corrected chi connectivity index (χ4v) is 14.7. The summed E-state index contributed by atoms with van der Waals surface area (Å²) in [6, 6.07) is 0. The van der Waals surface area contributed by atoms with Crippen molar-refractivity contribution in [1.29, 1.82) is 0 Å². The third-order valence-corrected chi connectivity index (χ3v) is 17.7. The first kappa shape index (κ1) is 43.9. The molecule has 0 aliphatic heterocycles. The number of hydrogen-bond donors (Lipinski definition) is 1. The predicted octanol–water partition coefficient (Wildman–Crippen LogP) is 8.35. The monoisotopic (exact) mass is 831 g/mol. The van der Waals surface area contributed by atoms with Crippen LogP contribution < -0.4 is 0 Å². The third kappa shape index (κ3) is 6.68. The fourth-order valence-electron chi connectivity index (χ4n) is 14.7. The zero-order valence-electron chi connectivity index (χ0n) is 36.9. The number of carbonyl (C=O) groups excluding carboxylic acids is 5. The molecule has 0 unspecified atom stereocenters. The van der Waals surface area contributed by atoms with E-state index in [2.05, 4.69) is 41.2 Å². The van der Waals surface area contributed by atoms with Crippen molar-refractivity contribution in [2.75, 3.05) is 13.7 Å². The zero-order chi connectivity index (χ0) is 43.7. The Kier molecular flexibility index (Phi) is 11.4. The highest BCUT2D eigenvalue weighted by atomic mass is 16.6. The Hall–Kier alpha value is -4.22. The summed E-state index contributed by atoms with van der Waals surface area (Å²) in [5.41, 5.74) is 0.377. The van der Waals surface area contributed by atoms with Crippen molar-refractivity contribution in [3.05, 3.63) is 47.0 Å². The molecule has 1 aromatic rings. The SMILES string of the molecule is C=C(C)[C@@H]1CC[C@]2(C(=O)O)CC[C@]3(C)[C@H](CC[C@@H]4[C@@]5(C)CC[C@H](OC(=O)CCCC(=O)OCc6cn(C)c7c6C(=O)C(OC)=CC7=O)[C@@](C)(COC(C)=O)[C@@H]5CC[C@]43C)[C@@H]12. The standard InChI is InChI=1S/C48H65NO11/c1-27(2)30-15-20-48(43(55)56)22-21-46(6)31(40(30)48)13-14-35-44(4)18-17-36(45(5,26-59-28(3)50)34(44)16-19-47(35,46)7)60-38(53)12-10-11-37(52)58-25-29-24-49(8)41-32(51)23-33(57-9)42(54)39(29)41/h23-24,30-31,34-36,40H,1,10-22,25-26H2,2-9H3,(H,55,56)/t30-,31+,34+,35+,36-,40+,44-,45-,46+,47+,48-/m0/s1. The van der Waals surface area contributed by atoms with Crippen LogP contribution in [-0.4, -0.2) is 64.9 Å². The first-order valence-electron chi connectivity index (χ1n) is 22.1. The molecule has 0 amide bonds. The van der Waals surface area contributed by atoms with Crippen molar-refractivity contribution in [3.8, 4) is 0 Å². The number of allylic oxidation sites excluding steroid dienone is 3. The van der Waals surface area contributed by atoms with E-state index in [1.54, 1.807) is 13.2 Å². The van der Waals surface area contributed by atoms with Gasteiger partial charge in [0.1, 0.15) is 25.0 Å². The summed E-state index contributed by atoms with van der Waals surface area (Å²) >= 11 is 0. The number of aromatic nitrogens is 1. The molecule has 0 aromatic carbocycles. The Labute approximate surface area is 354 Å². The average Bonchev–Trinajstić information content (AvgIpc) is 3.75. The van der Waals surface area contributed by atoms with E-state index >= 15 is 0 Å². The zero-order valence-corrected chi connectivity index (χ0v) is 36.9. The van der Waals surface area contributed by atoms with Crippen LogP contribution in [0, 0.1) is 56.7 Å². The number of aliphatic carboxylic acids is 1. The van der Waals surface area contributed by atoms with Gasteiger partial charge in [-0.15, -0.1) is 0 Å². The molecule has 60 heavy (non-hydrogen) atoms. The summed E-state index contributed by atoms with van der Waals surface area (Å²) in [5.74, 6) is -1.78. The number of aryl methyl sites for hydroxylation is 1. The van der Waals surface area contributed by atoms with E-state index in [1.165, 1.54) is 18.6 Å². The van der Waals surface area contributed by atoms with E-state index in [0.717, 1.165) is 63.0 Å². The van der Waals surface area contributed by atoms with Crippen LogP contribution in [0.25, 0.3) is 0 Å². The number of fused-ring (bicyclic) bond motifs is 8. The summed E-state index contributed by atoms with van der Waals surface area (Å²) < 4.78 is 24.2. The van der Waals surface area contributed by atoms with Gasteiger partial charge in [0.15, 0.2) is 5.76 Å². The second-order valence-corrected chi connectivity index (χ2v) is 20.4. The van der Waals surface area contributed by atoms with Gasteiger partial charge in [-0.1, -0.05) is 39.8 Å². The highest BCUT2D eigenvalue weighted by molar-refractivity contribution is 6.23. The molecule has 1 heterocycles. The highest BCUT2D eigenvalue weighted by Crippen LogP contribution is 2.77. The van der Waals surface area contributed by atoms with E-state index in [9.17, 15) is 33.9 Å². The molecule has 7 rings (SSSR count). The van der Waals surface area contributed by atoms with E-state index in [0.29, 0.717) is 30.2 Å². The van der Waals surface area contributed by atoms with Crippen LogP contribution >= 0.6 is 0 Å². The smallest absolute Gasteiger partial charge is 0.309 e. The number of carboxylic acids is 1. The lowest BCUT2D eigenvalue weighted by atomic mass is 9.32. The van der Waals surface area contributed by atoms with Crippen LogP contribution in [0.3, 0.4) is 0 Å². The molecule has 1 N–H and O–H groups in total. The van der Waals surface area contributed by atoms with Crippen molar-refractivity contribution >= 4 is 35.4 Å². The number of Topliss-reactive ketones (excluding diaryl/α,β-unsaturated/α-hetero) is 1. The molecule has 6 aliphatic carbocycles. The normalized spacial score (nSPS) is 37.9. The molecule has 5 saturated carbocycles. The number of esters is 3. The Bertz CT molecular complexity index is 2030. The number of rotatable bonds is 12. The quantitative estimate of drug-likeness (QED) is 0.122. The Balaban J connectivity index is 1.02. The van der Waals surface area contributed by atoms with Gasteiger partial charge in [-0.05, 0) is 123 Å². The van der Waals surface area contributed by atoms with E-state index in [-0.39, 0.29) is 95.2 Å². The largest absolute Gasteiger partial charge is 0.492 e. The Morgan fingerprint density at radius 1 is 0.867 bits per heavy atom. The number of ether oxygens (including phenoxy) is 4. The number of hydrogen-bond acceptors (Lipinski definition) is 10. The average molecular weight is 832 g/mol. The minimum Gasteiger partial charge on any atom is -0.492 e. The maximum Gasteiger partial charge on any atom is 0.309 e. The maximum atomic E-state index is 13.5. The van der Waals surface area contributed by atoms with Crippen molar-refractivity contribution in [3.63, 3.8) is 0 Å². The molecule has 328 valence electrons. The van der Waals surface area contributed by atoms with E-state index < -0.39 is 40.6 Å². The number of carboxylic acid groups (broad SMARTS) is 1. The van der Waals surface area contributed by atoms with Crippen LogP contribution in [0.1, 0.15) is 151 Å². The molecule has 12 heteroatoms. The third-order valence-electron chi connectivity index (χ3n) is 17.7. The summed E-state index contributed by atoms with van der Waals surface area (Å²) in [7, 11) is 2.96. The molecule has 12 nitrogen and oxygen atoms in total. The molecule has 1 aromatic heterocycles. The second kappa shape index (κ2) is 15.6. The lowest BCUT2D eigenvalue weighted by Gasteiger charge is -2.72. The summed E-state index contributed by atoms with van der Waals surface area (Å²) in [6.45, 7) is 17.3. The van der Waals surface area contributed by atoms with Gasteiger partial charge in [-0.3, -0.25) is 28.8 Å². The molecular formula is C48H65NO11. The van der Waals surface area contributed by atoms with Gasteiger partial charge >= 0.3 is 23.9 Å². The van der Waals surface area contributed by atoms with Crippen LogP contribution in [0.4, 0.5) is 0 Å². The van der Waals surface area contributed by atoms with Gasteiger partial charge in [-0.25, -0.2) is 0 Å². The molecule has 5 fully saturated rings. The van der Waals surface area contributed by atoms with Crippen LogP contribution in [0.15, 0.2) is 30.2 Å². The predicted molar refractivity (Wildman–Crippen MR) is 220 cm³/mol. The molecule has 0 spiro atoms. The van der Waals surface area contributed by atoms with Gasteiger partial charge in [0.2, 0.25) is 11.6 Å². The first-order chi connectivity index (χ1) is 28.2. The Morgan fingerprint density at radius 3 is 2.25 bits per heavy atom. The van der Waals surface area contributed by atoms with Crippen molar-refractivity contribution in [2.45, 2.75) is 138 Å². The topological polar surface area (TPSA) is 164 Å². The number of nitrogens with zero attached hydrogens (tertiary/aromatic N) is 1. The molecular weight excluding hydrogens is 767 g/mol. The Morgan fingerprint density at radius 2 is 1.58 bits per heavy atom. The molecule has 0 radical (unpaired) electrons. The lowest BCUT2D eigenvalue weighted by Crippen LogP contribution is -2.68. The molecule has 0 bridgehead atoms. The summed E-state index contributed by atoms with van der Waals surface area (Å²) in [6.07, 6.45) is 11.0. The van der Waals surface area contributed by atoms with E-state index in [1.807, 2.05) is 0 Å². The molecule has 6 aliphatic rings. The van der Waals surface area contributed by atoms with Gasteiger partial charge in [0.05, 0.1) is 18.1 Å². The fraction of sp³-hybridized carbons (Fsp3) is 0.708. The van der Waals surface area contributed by atoms with Crippen LogP contribution in [-0.2, 0) is 51.8 Å². The van der Waals surface area contributed by atoms with Crippen molar-refractivity contribution in [1.82, 2.24) is 4.57 Å². The van der Waals surface area contributed by atoms with Crippen LogP contribution in [0.2, 0.25) is 0 Å². The lowest BCUT2D eigenvalue weighted by molar-refractivity contribution is -0.257. The maximum absolute atomic E-state index is 13.5. The van der Waals surface area contributed by atoms with Gasteiger partial charge in [0.25, 0.3) is 0 Å². The van der Waals surface area contributed by atoms with E-state index in [4.69, 9.17) is 18.9 Å².